The number of ether oxygens (including phenoxy) is 2. The first-order chi connectivity index (χ1) is 11.0. The molecule has 0 radical (unpaired) electrons. The van der Waals surface area contributed by atoms with Crippen LogP contribution in [0, 0.1) is 17.6 Å². The topological polar surface area (TPSA) is 65.0 Å². The maximum atomic E-state index is 13.8. The van der Waals surface area contributed by atoms with Crippen LogP contribution in [0.15, 0.2) is 23.2 Å². The van der Waals surface area contributed by atoms with Crippen LogP contribution in [-0.2, 0) is 19.1 Å². The van der Waals surface area contributed by atoms with Crippen LogP contribution in [0.1, 0.15) is 6.42 Å². The molecule has 1 aliphatic rings. The standard InChI is InChI=1S/C15H15F2NO4S/c1-21-11(19)6-8-7-23-14(15(20)22-2)12(8)18-13-9(16)4-3-5-10(13)17/h3-5,8,14H,6-7H2,1-2H3. The summed E-state index contributed by atoms with van der Waals surface area (Å²) in [7, 11) is 2.47. The van der Waals surface area contributed by atoms with E-state index >= 15 is 0 Å². The second-order valence-corrected chi connectivity index (χ2v) is 5.96. The van der Waals surface area contributed by atoms with Crippen LogP contribution in [0.5, 0.6) is 0 Å². The molecular weight excluding hydrogens is 328 g/mol. The minimum atomic E-state index is -0.838. The molecule has 23 heavy (non-hydrogen) atoms. The average molecular weight is 343 g/mol. The van der Waals surface area contributed by atoms with Gasteiger partial charge in [0.15, 0.2) is 11.6 Å². The van der Waals surface area contributed by atoms with E-state index in [1.54, 1.807) is 0 Å². The Morgan fingerprint density at radius 1 is 1.26 bits per heavy atom. The second kappa shape index (κ2) is 7.54. The molecule has 0 spiro atoms. The van der Waals surface area contributed by atoms with Gasteiger partial charge < -0.3 is 9.47 Å². The highest BCUT2D eigenvalue weighted by molar-refractivity contribution is 8.01. The SMILES string of the molecule is COC(=O)CC1CSC(C(=O)OC)C1=Nc1c(F)cccc1F. The molecule has 5 nitrogen and oxygen atoms in total. The molecule has 1 heterocycles. The van der Waals surface area contributed by atoms with Crippen molar-refractivity contribution < 1.29 is 27.8 Å². The van der Waals surface area contributed by atoms with Crippen molar-refractivity contribution in [1.29, 1.82) is 0 Å². The molecule has 1 aromatic carbocycles. The minimum Gasteiger partial charge on any atom is -0.469 e. The van der Waals surface area contributed by atoms with Crippen molar-refractivity contribution >= 4 is 35.1 Å². The van der Waals surface area contributed by atoms with Gasteiger partial charge in [-0.15, -0.1) is 11.8 Å². The third kappa shape index (κ3) is 3.87. The van der Waals surface area contributed by atoms with E-state index < -0.39 is 40.4 Å². The zero-order valence-corrected chi connectivity index (χ0v) is 13.4. The van der Waals surface area contributed by atoms with Crippen LogP contribution in [0.2, 0.25) is 0 Å². The largest absolute Gasteiger partial charge is 0.469 e. The Bertz CT molecular complexity index is 630. The van der Waals surface area contributed by atoms with Gasteiger partial charge >= 0.3 is 11.9 Å². The van der Waals surface area contributed by atoms with Crippen molar-refractivity contribution in [2.75, 3.05) is 20.0 Å². The lowest BCUT2D eigenvalue weighted by Crippen LogP contribution is -2.29. The van der Waals surface area contributed by atoms with Crippen molar-refractivity contribution in [2.24, 2.45) is 10.9 Å². The Morgan fingerprint density at radius 2 is 1.91 bits per heavy atom. The first kappa shape index (κ1) is 17.4. The fourth-order valence-corrected chi connectivity index (χ4v) is 3.58. The Hall–Kier alpha value is -1.96. The molecule has 1 aromatic rings. The van der Waals surface area contributed by atoms with Gasteiger partial charge in [0, 0.05) is 17.4 Å². The molecule has 0 aromatic heterocycles. The molecule has 1 aliphatic heterocycles. The summed E-state index contributed by atoms with van der Waals surface area (Å²) >= 11 is 1.22. The molecule has 0 bridgehead atoms. The van der Waals surface area contributed by atoms with E-state index in [1.165, 1.54) is 32.0 Å². The number of methoxy groups -OCH3 is 2. The smallest absolute Gasteiger partial charge is 0.324 e. The summed E-state index contributed by atoms with van der Waals surface area (Å²) in [6, 6.07) is 3.38. The van der Waals surface area contributed by atoms with Gasteiger partial charge in [0.05, 0.1) is 20.6 Å². The highest BCUT2D eigenvalue weighted by atomic mass is 32.2. The lowest BCUT2D eigenvalue weighted by atomic mass is 9.99. The molecule has 8 heteroatoms. The average Bonchev–Trinajstić information content (AvgIpc) is 2.92. The predicted octanol–water partition coefficient (Wildman–Crippen LogP) is 2.51. The number of rotatable bonds is 4. The van der Waals surface area contributed by atoms with E-state index in [9.17, 15) is 18.4 Å². The number of halogens is 2. The van der Waals surface area contributed by atoms with E-state index in [-0.39, 0.29) is 12.1 Å². The summed E-state index contributed by atoms with van der Waals surface area (Å²) < 4.78 is 36.9. The lowest BCUT2D eigenvalue weighted by Gasteiger charge is -2.13. The van der Waals surface area contributed by atoms with Gasteiger partial charge in [0.25, 0.3) is 0 Å². The van der Waals surface area contributed by atoms with E-state index in [2.05, 4.69) is 9.73 Å². The lowest BCUT2D eigenvalue weighted by molar-refractivity contribution is -0.141. The summed E-state index contributed by atoms with van der Waals surface area (Å²) in [6.45, 7) is 0. The maximum Gasteiger partial charge on any atom is 0.324 e. The normalized spacial score (nSPS) is 22.2. The maximum absolute atomic E-state index is 13.8. The quantitative estimate of drug-likeness (QED) is 0.786. The van der Waals surface area contributed by atoms with Gasteiger partial charge in [-0.3, -0.25) is 9.59 Å². The minimum absolute atomic E-state index is 0.0219. The second-order valence-electron chi connectivity index (χ2n) is 4.82. The predicted molar refractivity (Wildman–Crippen MR) is 81.8 cm³/mol. The molecule has 1 fully saturated rings. The molecule has 2 unspecified atom stereocenters. The van der Waals surface area contributed by atoms with E-state index in [1.807, 2.05) is 0 Å². The van der Waals surface area contributed by atoms with Crippen LogP contribution in [-0.4, -0.2) is 42.9 Å². The Morgan fingerprint density at radius 3 is 2.48 bits per heavy atom. The van der Waals surface area contributed by atoms with Crippen LogP contribution in [0.4, 0.5) is 14.5 Å². The van der Waals surface area contributed by atoms with E-state index in [0.29, 0.717) is 5.75 Å². The molecule has 2 rings (SSSR count). The van der Waals surface area contributed by atoms with Crippen LogP contribution < -0.4 is 0 Å². The number of nitrogens with zero attached hydrogens (tertiary/aromatic N) is 1. The molecule has 1 saturated heterocycles. The third-order valence-corrected chi connectivity index (χ3v) is 4.75. The fraction of sp³-hybridized carbons (Fsp3) is 0.400. The summed E-state index contributed by atoms with van der Waals surface area (Å²) in [6.07, 6.45) is -0.0219. The summed E-state index contributed by atoms with van der Waals surface area (Å²) in [4.78, 5) is 27.4. The number of aliphatic imine (C=N–C) groups is 1. The zero-order chi connectivity index (χ0) is 17.0. The van der Waals surface area contributed by atoms with Gasteiger partial charge in [-0.2, -0.15) is 0 Å². The Kier molecular flexibility index (Phi) is 5.70. The highest BCUT2D eigenvalue weighted by Gasteiger charge is 2.39. The molecule has 2 atom stereocenters. The number of hydrogen-bond donors (Lipinski definition) is 0. The van der Waals surface area contributed by atoms with E-state index in [4.69, 9.17) is 4.74 Å². The summed E-state index contributed by atoms with van der Waals surface area (Å²) in [5.41, 5.74) is -0.259. The molecule has 0 amide bonds. The van der Waals surface area contributed by atoms with Gasteiger partial charge in [-0.05, 0) is 12.1 Å². The molecule has 124 valence electrons. The number of carbonyl (C=O) groups is 2. The van der Waals surface area contributed by atoms with Crippen molar-refractivity contribution in [3.63, 3.8) is 0 Å². The number of carbonyl (C=O) groups excluding carboxylic acids is 2. The third-order valence-electron chi connectivity index (χ3n) is 3.39. The van der Waals surface area contributed by atoms with Gasteiger partial charge in [-0.1, -0.05) is 6.07 Å². The zero-order valence-electron chi connectivity index (χ0n) is 12.5. The van der Waals surface area contributed by atoms with Crippen molar-refractivity contribution in [3.05, 3.63) is 29.8 Å². The number of para-hydroxylation sites is 1. The van der Waals surface area contributed by atoms with E-state index in [0.717, 1.165) is 12.1 Å². The van der Waals surface area contributed by atoms with Crippen molar-refractivity contribution in [2.45, 2.75) is 11.7 Å². The highest BCUT2D eigenvalue weighted by Crippen LogP contribution is 2.35. The Balaban J connectivity index is 2.42. The first-order valence-electron chi connectivity index (χ1n) is 6.76. The van der Waals surface area contributed by atoms with Crippen LogP contribution in [0.3, 0.4) is 0 Å². The number of benzene rings is 1. The number of hydrogen-bond acceptors (Lipinski definition) is 6. The molecular formula is C15H15F2NO4S. The summed E-state index contributed by atoms with van der Waals surface area (Å²) in [5, 5.41) is -0.798. The van der Waals surface area contributed by atoms with Gasteiger partial charge in [-0.25, -0.2) is 13.8 Å². The molecule has 0 N–H and O–H groups in total. The number of thioether (sulfide) groups is 1. The van der Waals surface area contributed by atoms with Crippen molar-refractivity contribution in [3.8, 4) is 0 Å². The summed E-state index contributed by atoms with van der Waals surface area (Å²) in [5.74, 6) is -2.77. The first-order valence-corrected chi connectivity index (χ1v) is 7.81. The molecule has 0 saturated carbocycles. The van der Waals surface area contributed by atoms with Crippen molar-refractivity contribution in [1.82, 2.24) is 0 Å². The van der Waals surface area contributed by atoms with Gasteiger partial charge in [0.1, 0.15) is 10.9 Å². The monoisotopic (exact) mass is 343 g/mol. The fourth-order valence-electron chi connectivity index (χ4n) is 2.22. The Labute approximate surface area is 136 Å². The van der Waals surface area contributed by atoms with Crippen LogP contribution >= 0.6 is 11.8 Å². The molecule has 0 aliphatic carbocycles. The van der Waals surface area contributed by atoms with Gasteiger partial charge in [0.2, 0.25) is 0 Å². The number of esters is 2. The van der Waals surface area contributed by atoms with Crippen LogP contribution in [0.25, 0.3) is 0 Å².